The highest BCUT2D eigenvalue weighted by Crippen LogP contribution is 2.36. The largest absolute Gasteiger partial charge is 0.493 e. The van der Waals surface area contributed by atoms with Crippen molar-refractivity contribution in [3.8, 4) is 5.75 Å². The minimum Gasteiger partial charge on any atom is -0.493 e. The molecule has 7 heteroatoms. The van der Waals surface area contributed by atoms with Crippen LogP contribution in [0.2, 0.25) is 0 Å². The summed E-state index contributed by atoms with van der Waals surface area (Å²) < 4.78 is 7.67. The summed E-state index contributed by atoms with van der Waals surface area (Å²) in [7, 11) is 0. The van der Waals surface area contributed by atoms with Gasteiger partial charge in [-0.3, -0.25) is 4.79 Å². The van der Waals surface area contributed by atoms with E-state index in [9.17, 15) is 4.79 Å². The standard InChI is InChI=1S/C19H25N5O2/c20-18-16(19(21)25)17(23-24(18)14-5-3-8-22-11-14)13-7-9-26-15-6-2-1-4-12(15)10-13/h1-2,4,6,13-14,22H,3,5,7-11,20H2,(H2,21,25)/t13?,14-/m1/s1. The normalized spacial score (nSPS) is 22.9. The predicted molar refractivity (Wildman–Crippen MR) is 99.3 cm³/mol. The number of benzene rings is 1. The second-order valence-electron chi connectivity index (χ2n) is 7.10. The van der Waals surface area contributed by atoms with Gasteiger partial charge < -0.3 is 21.5 Å². The Morgan fingerprint density at radius 2 is 2.15 bits per heavy atom. The van der Waals surface area contributed by atoms with Crippen LogP contribution in [0.4, 0.5) is 5.82 Å². The monoisotopic (exact) mass is 355 g/mol. The van der Waals surface area contributed by atoms with E-state index in [1.807, 2.05) is 18.2 Å². The average Bonchev–Trinajstić information content (AvgIpc) is 2.85. The number of anilines is 1. The molecule has 4 rings (SSSR count). The molecule has 7 nitrogen and oxygen atoms in total. The number of hydrogen-bond donors (Lipinski definition) is 3. The quantitative estimate of drug-likeness (QED) is 0.775. The fourth-order valence-corrected chi connectivity index (χ4v) is 4.05. The summed E-state index contributed by atoms with van der Waals surface area (Å²) in [4.78, 5) is 12.2. The highest BCUT2D eigenvalue weighted by molar-refractivity contribution is 5.98. The number of rotatable bonds is 3. The van der Waals surface area contributed by atoms with Crippen molar-refractivity contribution in [1.82, 2.24) is 15.1 Å². The van der Waals surface area contributed by atoms with Crippen LogP contribution in [-0.4, -0.2) is 35.4 Å². The van der Waals surface area contributed by atoms with Crippen molar-refractivity contribution in [3.63, 3.8) is 0 Å². The number of fused-ring (bicyclic) bond motifs is 1. The Morgan fingerprint density at radius 1 is 1.31 bits per heavy atom. The van der Waals surface area contributed by atoms with Gasteiger partial charge in [0.2, 0.25) is 0 Å². The van der Waals surface area contributed by atoms with E-state index in [4.69, 9.17) is 21.3 Å². The minimum atomic E-state index is -0.508. The van der Waals surface area contributed by atoms with Crippen molar-refractivity contribution < 1.29 is 9.53 Å². The number of para-hydroxylation sites is 1. The number of nitrogens with one attached hydrogen (secondary N) is 1. The molecule has 1 saturated heterocycles. The van der Waals surface area contributed by atoms with Crippen LogP contribution in [-0.2, 0) is 6.42 Å². The lowest BCUT2D eigenvalue weighted by atomic mass is 9.91. The van der Waals surface area contributed by atoms with Gasteiger partial charge >= 0.3 is 0 Å². The Balaban J connectivity index is 1.72. The Labute approximate surface area is 152 Å². The van der Waals surface area contributed by atoms with Gasteiger partial charge in [0.25, 0.3) is 5.91 Å². The first kappa shape index (κ1) is 16.9. The lowest BCUT2D eigenvalue weighted by Crippen LogP contribution is -2.32. The van der Waals surface area contributed by atoms with E-state index in [0.717, 1.165) is 50.1 Å². The van der Waals surface area contributed by atoms with E-state index < -0.39 is 5.91 Å². The molecule has 2 aromatic rings. The van der Waals surface area contributed by atoms with Gasteiger partial charge in [0, 0.05) is 12.5 Å². The van der Waals surface area contributed by atoms with Crippen molar-refractivity contribution in [2.75, 3.05) is 25.4 Å². The van der Waals surface area contributed by atoms with Crippen molar-refractivity contribution in [2.24, 2.45) is 5.73 Å². The molecule has 0 spiro atoms. The predicted octanol–water partition coefficient (Wildman–Crippen LogP) is 1.60. The maximum Gasteiger partial charge on any atom is 0.254 e. The number of nitrogens with two attached hydrogens (primary N) is 2. The molecule has 0 bridgehead atoms. The number of carbonyl (C=O) groups excluding carboxylic acids is 1. The number of amides is 1. The number of nitrogen functional groups attached to an aromatic ring is 1. The molecule has 2 aliphatic heterocycles. The summed E-state index contributed by atoms with van der Waals surface area (Å²) in [6.45, 7) is 2.39. The number of piperidine rings is 1. The molecule has 1 fully saturated rings. The van der Waals surface area contributed by atoms with Gasteiger partial charge in [-0.25, -0.2) is 4.68 Å². The van der Waals surface area contributed by atoms with Crippen LogP contribution in [0.5, 0.6) is 5.75 Å². The van der Waals surface area contributed by atoms with Gasteiger partial charge in [-0.2, -0.15) is 5.10 Å². The SMILES string of the molecule is NC(=O)c1c(C2CCOc3ccccc3C2)nn([C@@H]2CCCNC2)c1N. The molecule has 2 atom stereocenters. The van der Waals surface area contributed by atoms with Crippen LogP contribution < -0.4 is 21.5 Å². The molecule has 2 aliphatic rings. The van der Waals surface area contributed by atoms with Crippen LogP contribution in [0.25, 0.3) is 0 Å². The lowest BCUT2D eigenvalue weighted by molar-refractivity contribution is 0.0999. The zero-order valence-electron chi connectivity index (χ0n) is 14.8. The average molecular weight is 355 g/mol. The minimum absolute atomic E-state index is 0.0567. The fraction of sp³-hybridized carbons (Fsp3) is 0.474. The third kappa shape index (κ3) is 3.03. The molecular weight excluding hydrogens is 330 g/mol. The molecule has 0 radical (unpaired) electrons. The van der Waals surface area contributed by atoms with Gasteiger partial charge in [-0.05, 0) is 43.9 Å². The van der Waals surface area contributed by atoms with Crippen LogP contribution in [0.15, 0.2) is 24.3 Å². The third-order valence-corrected chi connectivity index (χ3v) is 5.39. The summed E-state index contributed by atoms with van der Waals surface area (Å²) in [5.74, 6) is 0.839. The fourth-order valence-electron chi connectivity index (χ4n) is 4.05. The van der Waals surface area contributed by atoms with E-state index in [0.29, 0.717) is 23.7 Å². The number of nitrogens with zero attached hydrogens (tertiary/aromatic N) is 2. The van der Waals surface area contributed by atoms with E-state index in [2.05, 4.69) is 11.4 Å². The molecule has 0 aliphatic carbocycles. The molecule has 1 aromatic heterocycles. The summed E-state index contributed by atoms with van der Waals surface area (Å²) in [5, 5.41) is 8.16. The Morgan fingerprint density at radius 3 is 2.92 bits per heavy atom. The van der Waals surface area contributed by atoms with Gasteiger partial charge in [0.05, 0.1) is 18.3 Å². The smallest absolute Gasteiger partial charge is 0.254 e. The van der Waals surface area contributed by atoms with Crippen LogP contribution >= 0.6 is 0 Å². The van der Waals surface area contributed by atoms with E-state index >= 15 is 0 Å². The van der Waals surface area contributed by atoms with Crippen molar-refractivity contribution in [1.29, 1.82) is 0 Å². The molecule has 0 saturated carbocycles. The molecular formula is C19H25N5O2. The first-order valence-electron chi connectivity index (χ1n) is 9.24. The van der Waals surface area contributed by atoms with Crippen LogP contribution in [0, 0.1) is 0 Å². The number of hydrogen-bond acceptors (Lipinski definition) is 5. The van der Waals surface area contributed by atoms with Crippen LogP contribution in [0.1, 0.15) is 52.8 Å². The highest BCUT2D eigenvalue weighted by Gasteiger charge is 2.31. The van der Waals surface area contributed by atoms with Crippen LogP contribution in [0.3, 0.4) is 0 Å². The van der Waals surface area contributed by atoms with Crippen molar-refractivity contribution >= 4 is 11.7 Å². The molecule has 1 unspecified atom stereocenters. The first-order chi connectivity index (χ1) is 12.6. The molecule has 5 N–H and O–H groups in total. The van der Waals surface area contributed by atoms with Crippen molar-refractivity contribution in [3.05, 3.63) is 41.1 Å². The number of carbonyl (C=O) groups is 1. The van der Waals surface area contributed by atoms with Crippen molar-refractivity contribution in [2.45, 2.75) is 37.6 Å². The Hall–Kier alpha value is -2.54. The maximum absolute atomic E-state index is 12.2. The van der Waals surface area contributed by atoms with Gasteiger partial charge in [0.1, 0.15) is 17.1 Å². The Kier molecular flexibility index (Phi) is 4.55. The van der Waals surface area contributed by atoms with Gasteiger partial charge in [-0.15, -0.1) is 0 Å². The zero-order valence-corrected chi connectivity index (χ0v) is 14.8. The number of aromatic nitrogens is 2. The van der Waals surface area contributed by atoms with E-state index in [1.54, 1.807) is 4.68 Å². The number of primary amides is 1. The number of ether oxygens (including phenoxy) is 1. The molecule has 26 heavy (non-hydrogen) atoms. The molecule has 1 aromatic carbocycles. The maximum atomic E-state index is 12.2. The molecule has 3 heterocycles. The topological polar surface area (TPSA) is 108 Å². The van der Waals surface area contributed by atoms with Gasteiger partial charge in [-0.1, -0.05) is 18.2 Å². The van der Waals surface area contributed by atoms with E-state index in [-0.39, 0.29) is 12.0 Å². The summed E-state index contributed by atoms with van der Waals surface area (Å²) in [6, 6.07) is 8.16. The second kappa shape index (κ2) is 6.99. The summed E-state index contributed by atoms with van der Waals surface area (Å²) >= 11 is 0. The first-order valence-corrected chi connectivity index (χ1v) is 9.24. The second-order valence-corrected chi connectivity index (χ2v) is 7.10. The third-order valence-electron chi connectivity index (χ3n) is 5.39. The highest BCUT2D eigenvalue weighted by atomic mass is 16.5. The molecule has 1 amide bonds. The summed E-state index contributed by atoms with van der Waals surface area (Å²) in [5.41, 5.74) is 14.2. The van der Waals surface area contributed by atoms with E-state index in [1.165, 1.54) is 0 Å². The Bertz CT molecular complexity index is 810. The summed E-state index contributed by atoms with van der Waals surface area (Å²) in [6.07, 6.45) is 3.59. The molecule has 138 valence electrons. The van der Waals surface area contributed by atoms with Gasteiger partial charge in [0.15, 0.2) is 0 Å². The zero-order chi connectivity index (χ0) is 18.1. The lowest BCUT2D eigenvalue weighted by Gasteiger charge is -2.24.